The van der Waals surface area contributed by atoms with Crippen molar-refractivity contribution in [2.24, 2.45) is 0 Å². The first-order valence-corrected chi connectivity index (χ1v) is 22.2. The Balaban J connectivity index is 1.11. The highest BCUT2D eigenvalue weighted by Gasteiger charge is 2.31. The number of hydrogen-bond acceptors (Lipinski definition) is 0. The Morgan fingerprint density at radius 3 is 1.03 bits per heavy atom. The maximum Gasteiger partial charge on any atom is 0.243 e. The first kappa shape index (κ1) is 38.6. The fourth-order valence-corrected chi connectivity index (χ4v) is 11.0. The monoisotopic (exact) mass is 808 g/mol. The third-order valence-electron chi connectivity index (χ3n) is 13.5. The predicted octanol–water partition coefficient (Wildman–Crippen LogP) is 13.6. The van der Waals surface area contributed by atoms with Gasteiger partial charge >= 0.3 is 0 Å². The molecule has 0 atom stereocenters. The summed E-state index contributed by atoms with van der Waals surface area (Å²) in [5, 5.41) is 5.09. The number of nitrogens with zero attached hydrogens (tertiary/aromatic N) is 2. The number of fused-ring (bicyclic) bond motifs is 6. The zero-order chi connectivity index (χ0) is 42.9. The standard InChI is InChI=1S/C60H49BN2/c1-38-33-40(3)59(41(4)34-38)61(60-42(5)35-39(2)36-43(60)6)54-37-46(44-23-28-47(29-24-44)62-55-19-11-7-15-50(55)51-16-8-12-20-56(51)62)27-32-49(54)45-25-30-48(31-26-45)63-57-21-13-9-17-52(57)53-18-10-14-22-58(53)63/h7-37H,1-6H3. The molecule has 0 bridgehead atoms. The van der Waals surface area contributed by atoms with E-state index in [0.29, 0.717) is 0 Å². The third-order valence-corrected chi connectivity index (χ3v) is 13.5. The van der Waals surface area contributed by atoms with Crippen molar-refractivity contribution in [3.8, 4) is 33.6 Å². The summed E-state index contributed by atoms with van der Waals surface area (Å²) in [6.07, 6.45) is 0. The SMILES string of the molecule is Cc1cc(C)c(B(c2cc(-c3ccc(-n4c5ccccc5c5ccccc54)cc3)ccc2-c2ccc(-n3c4ccccc4c4ccccc43)cc2)c2c(C)cc(C)cc2C)c(C)c1. The number of rotatable bonds is 7. The van der Waals surface area contributed by atoms with E-state index < -0.39 is 0 Å². The largest absolute Gasteiger partial charge is 0.309 e. The molecule has 2 heterocycles. The molecule has 0 spiro atoms. The van der Waals surface area contributed by atoms with Crippen LogP contribution in [0.1, 0.15) is 33.4 Å². The quantitative estimate of drug-likeness (QED) is 0.142. The Labute approximate surface area is 370 Å². The van der Waals surface area contributed by atoms with Gasteiger partial charge in [-0.15, -0.1) is 0 Å². The van der Waals surface area contributed by atoms with Crippen LogP contribution in [0, 0.1) is 41.5 Å². The summed E-state index contributed by atoms with van der Waals surface area (Å²) >= 11 is 0. The summed E-state index contributed by atoms with van der Waals surface area (Å²) in [7, 11) is 0. The minimum absolute atomic E-state index is 0.00930. The van der Waals surface area contributed by atoms with E-state index in [1.54, 1.807) is 0 Å². The molecule has 11 rings (SSSR count). The lowest BCUT2D eigenvalue weighted by Gasteiger charge is -2.27. The molecule has 2 aromatic heterocycles. The van der Waals surface area contributed by atoms with Crippen LogP contribution in [0.15, 0.2) is 188 Å². The van der Waals surface area contributed by atoms with Crippen LogP contribution in [-0.2, 0) is 0 Å². The Hall–Kier alpha value is -7.36. The third kappa shape index (κ3) is 6.42. The van der Waals surface area contributed by atoms with Crippen molar-refractivity contribution in [1.29, 1.82) is 0 Å². The van der Waals surface area contributed by atoms with Gasteiger partial charge in [0.15, 0.2) is 0 Å². The molecule has 0 aliphatic carbocycles. The Morgan fingerprint density at radius 2 is 0.651 bits per heavy atom. The van der Waals surface area contributed by atoms with Crippen molar-refractivity contribution in [2.75, 3.05) is 0 Å². The molecule has 9 aromatic carbocycles. The molecule has 0 saturated carbocycles. The van der Waals surface area contributed by atoms with E-state index in [-0.39, 0.29) is 6.71 Å². The maximum atomic E-state index is 2.49. The van der Waals surface area contributed by atoms with Crippen LogP contribution in [0.3, 0.4) is 0 Å². The van der Waals surface area contributed by atoms with Crippen LogP contribution in [0.4, 0.5) is 0 Å². The van der Waals surface area contributed by atoms with E-state index in [4.69, 9.17) is 0 Å². The highest BCUT2D eigenvalue weighted by molar-refractivity contribution is 6.97. The molecule has 302 valence electrons. The molecular weight excluding hydrogens is 759 g/mol. The van der Waals surface area contributed by atoms with Crippen LogP contribution >= 0.6 is 0 Å². The lowest BCUT2D eigenvalue weighted by molar-refractivity contribution is 1.18. The van der Waals surface area contributed by atoms with Crippen molar-refractivity contribution >= 4 is 66.7 Å². The van der Waals surface area contributed by atoms with Crippen molar-refractivity contribution in [3.05, 3.63) is 221 Å². The normalized spacial score (nSPS) is 11.7. The molecule has 3 heteroatoms. The molecule has 63 heavy (non-hydrogen) atoms. The lowest BCUT2D eigenvalue weighted by Crippen LogP contribution is -2.56. The molecular formula is C60H49BN2. The predicted molar refractivity (Wildman–Crippen MR) is 272 cm³/mol. The molecule has 11 aromatic rings. The van der Waals surface area contributed by atoms with Gasteiger partial charge in [-0.05, 0) is 112 Å². The summed E-state index contributed by atoms with van der Waals surface area (Å²) < 4.78 is 4.80. The second-order valence-corrected chi connectivity index (χ2v) is 17.7. The average Bonchev–Trinajstić information content (AvgIpc) is 3.81. The summed E-state index contributed by atoms with van der Waals surface area (Å²) in [4.78, 5) is 0. The second-order valence-electron chi connectivity index (χ2n) is 17.7. The van der Waals surface area contributed by atoms with Crippen molar-refractivity contribution < 1.29 is 0 Å². The Morgan fingerprint density at radius 1 is 0.317 bits per heavy atom. The maximum absolute atomic E-state index is 2.49. The Kier molecular flexibility index (Phi) is 9.32. The smallest absolute Gasteiger partial charge is 0.243 e. The van der Waals surface area contributed by atoms with E-state index in [1.807, 2.05) is 0 Å². The lowest BCUT2D eigenvalue weighted by atomic mass is 9.33. The molecule has 0 aliphatic heterocycles. The highest BCUT2D eigenvalue weighted by Crippen LogP contribution is 2.35. The fraction of sp³-hybridized carbons (Fsp3) is 0.100. The van der Waals surface area contributed by atoms with E-state index >= 15 is 0 Å². The van der Waals surface area contributed by atoms with Crippen LogP contribution in [0.25, 0.3) is 77.2 Å². The second kappa shape index (κ2) is 15.2. The molecule has 0 saturated heterocycles. The summed E-state index contributed by atoms with van der Waals surface area (Å²) in [5.41, 5.74) is 24.0. The molecule has 0 radical (unpaired) electrons. The average molecular weight is 809 g/mol. The summed E-state index contributed by atoms with van der Waals surface area (Å²) in [6, 6.07) is 70.1. The van der Waals surface area contributed by atoms with Crippen molar-refractivity contribution in [1.82, 2.24) is 9.13 Å². The van der Waals surface area contributed by atoms with Gasteiger partial charge in [0, 0.05) is 32.9 Å². The number of aromatic nitrogens is 2. The van der Waals surface area contributed by atoms with Gasteiger partial charge in [0.2, 0.25) is 6.71 Å². The minimum Gasteiger partial charge on any atom is -0.309 e. The molecule has 0 unspecified atom stereocenters. The molecule has 0 aliphatic rings. The fourth-order valence-electron chi connectivity index (χ4n) is 11.0. The van der Waals surface area contributed by atoms with Crippen LogP contribution < -0.4 is 16.4 Å². The summed E-state index contributed by atoms with van der Waals surface area (Å²) in [6.45, 7) is 13.7. The van der Waals surface area contributed by atoms with Crippen LogP contribution in [-0.4, -0.2) is 15.8 Å². The van der Waals surface area contributed by atoms with E-state index in [1.165, 1.54) is 116 Å². The van der Waals surface area contributed by atoms with Crippen molar-refractivity contribution in [2.45, 2.75) is 41.5 Å². The van der Waals surface area contributed by atoms with E-state index in [0.717, 1.165) is 11.4 Å². The number of aryl methyl sites for hydroxylation is 6. The molecule has 0 fully saturated rings. The first-order valence-electron chi connectivity index (χ1n) is 22.2. The number of hydrogen-bond donors (Lipinski definition) is 0. The van der Waals surface area contributed by atoms with Crippen LogP contribution in [0.5, 0.6) is 0 Å². The topological polar surface area (TPSA) is 9.86 Å². The van der Waals surface area contributed by atoms with Gasteiger partial charge in [0.05, 0.1) is 22.1 Å². The Bertz CT molecular complexity index is 3350. The van der Waals surface area contributed by atoms with Gasteiger partial charge in [-0.25, -0.2) is 0 Å². The highest BCUT2D eigenvalue weighted by atomic mass is 15.0. The zero-order valence-corrected chi connectivity index (χ0v) is 36.9. The van der Waals surface area contributed by atoms with E-state index in [9.17, 15) is 0 Å². The first-order chi connectivity index (χ1) is 30.7. The van der Waals surface area contributed by atoms with Gasteiger partial charge in [-0.2, -0.15) is 0 Å². The van der Waals surface area contributed by atoms with E-state index in [2.05, 4.69) is 239 Å². The molecule has 0 N–H and O–H groups in total. The van der Waals surface area contributed by atoms with Crippen LogP contribution in [0.2, 0.25) is 0 Å². The van der Waals surface area contributed by atoms with Gasteiger partial charge in [0.25, 0.3) is 0 Å². The number of benzene rings is 9. The van der Waals surface area contributed by atoms with Crippen molar-refractivity contribution in [3.63, 3.8) is 0 Å². The molecule has 2 nitrogen and oxygen atoms in total. The minimum atomic E-state index is 0.00930. The number of para-hydroxylation sites is 4. The van der Waals surface area contributed by atoms with Gasteiger partial charge in [-0.1, -0.05) is 189 Å². The summed E-state index contributed by atoms with van der Waals surface area (Å²) in [5.74, 6) is 0. The van der Waals surface area contributed by atoms with Gasteiger partial charge < -0.3 is 9.13 Å². The van der Waals surface area contributed by atoms with Gasteiger partial charge in [-0.3, -0.25) is 0 Å². The zero-order valence-electron chi connectivity index (χ0n) is 36.9. The molecule has 0 amide bonds. The van der Waals surface area contributed by atoms with Gasteiger partial charge in [0.1, 0.15) is 0 Å².